The molecule has 0 unspecified atom stereocenters. The molecule has 0 aliphatic heterocycles. The standard InChI is InChI=1S/C12H17NO3/c1-8-6-10(9(2)13)4-5-11(8)16-7-12(14)15-3/h4-6,9H,7,13H2,1-3H3/t9-/m0/s1. The number of ether oxygens (including phenoxy) is 2. The van der Waals surface area contributed by atoms with Gasteiger partial charge in [0, 0.05) is 6.04 Å². The molecule has 0 saturated carbocycles. The zero-order valence-electron chi connectivity index (χ0n) is 9.82. The van der Waals surface area contributed by atoms with Crippen LogP contribution in [0.1, 0.15) is 24.1 Å². The quantitative estimate of drug-likeness (QED) is 0.787. The monoisotopic (exact) mass is 223 g/mol. The van der Waals surface area contributed by atoms with Crippen LogP contribution in [-0.2, 0) is 9.53 Å². The van der Waals surface area contributed by atoms with Crippen molar-refractivity contribution in [2.24, 2.45) is 5.73 Å². The van der Waals surface area contributed by atoms with Crippen molar-refractivity contribution in [3.8, 4) is 5.75 Å². The molecule has 0 aliphatic carbocycles. The van der Waals surface area contributed by atoms with Crippen LogP contribution in [-0.4, -0.2) is 19.7 Å². The molecule has 1 aromatic rings. The molecule has 0 aliphatic rings. The second kappa shape index (κ2) is 5.51. The maximum Gasteiger partial charge on any atom is 0.343 e. The molecule has 88 valence electrons. The SMILES string of the molecule is COC(=O)COc1ccc([C@H](C)N)cc1C. The average molecular weight is 223 g/mol. The number of rotatable bonds is 4. The molecule has 0 aromatic heterocycles. The summed E-state index contributed by atoms with van der Waals surface area (Å²) in [7, 11) is 1.33. The van der Waals surface area contributed by atoms with E-state index >= 15 is 0 Å². The van der Waals surface area contributed by atoms with E-state index in [2.05, 4.69) is 4.74 Å². The summed E-state index contributed by atoms with van der Waals surface area (Å²) in [5, 5.41) is 0. The van der Waals surface area contributed by atoms with Gasteiger partial charge in [-0.15, -0.1) is 0 Å². The van der Waals surface area contributed by atoms with E-state index in [4.69, 9.17) is 10.5 Å². The summed E-state index contributed by atoms with van der Waals surface area (Å²) in [6, 6.07) is 5.66. The molecular weight excluding hydrogens is 206 g/mol. The van der Waals surface area contributed by atoms with Gasteiger partial charge in [0.25, 0.3) is 0 Å². The molecule has 0 amide bonds. The molecule has 1 atom stereocenters. The van der Waals surface area contributed by atoms with Gasteiger partial charge >= 0.3 is 5.97 Å². The van der Waals surface area contributed by atoms with Crippen LogP contribution in [0.25, 0.3) is 0 Å². The summed E-state index contributed by atoms with van der Waals surface area (Å²) in [6.45, 7) is 3.76. The van der Waals surface area contributed by atoms with Crippen molar-refractivity contribution in [3.05, 3.63) is 29.3 Å². The van der Waals surface area contributed by atoms with Gasteiger partial charge in [-0.3, -0.25) is 0 Å². The summed E-state index contributed by atoms with van der Waals surface area (Å²) in [6.07, 6.45) is 0. The molecule has 4 nitrogen and oxygen atoms in total. The summed E-state index contributed by atoms with van der Waals surface area (Å²) < 4.78 is 9.80. The first-order valence-corrected chi connectivity index (χ1v) is 5.10. The second-order valence-corrected chi connectivity index (χ2v) is 3.68. The third-order valence-corrected chi connectivity index (χ3v) is 2.30. The molecule has 16 heavy (non-hydrogen) atoms. The number of carbonyl (C=O) groups excluding carboxylic acids is 1. The normalized spacial score (nSPS) is 12.0. The minimum Gasteiger partial charge on any atom is -0.482 e. The average Bonchev–Trinajstić information content (AvgIpc) is 2.26. The molecule has 2 N–H and O–H groups in total. The maximum atomic E-state index is 10.9. The van der Waals surface area contributed by atoms with E-state index in [9.17, 15) is 4.79 Å². The fourth-order valence-electron chi connectivity index (χ4n) is 1.31. The van der Waals surface area contributed by atoms with Crippen LogP contribution >= 0.6 is 0 Å². The second-order valence-electron chi connectivity index (χ2n) is 3.68. The van der Waals surface area contributed by atoms with Gasteiger partial charge in [-0.25, -0.2) is 4.79 Å². The lowest BCUT2D eigenvalue weighted by Crippen LogP contribution is -2.13. The van der Waals surface area contributed by atoms with Crippen LogP contribution in [0.4, 0.5) is 0 Å². The largest absolute Gasteiger partial charge is 0.482 e. The zero-order valence-corrected chi connectivity index (χ0v) is 9.82. The Morgan fingerprint density at radius 3 is 2.69 bits per heavy atom. The Bertz CT molecular complexity index is 375. The molecule has 0 heterocycles. The summed E-state index contributed by atoms with van der Waals surface area (Å²) in [5.41, 5.74) is 7.76. The fourth-order valence-corrected chi connectivity index (χ4v) is 1.31. The molecule has 0 radical (unpaired) electrons. The van der Waals surface area contributed by atoms with Crippen molar-refractivity contribution < 1.29 is 14.3 Å². The fraction of sp³-hybridized carbons (Fsp3) is 0.417. The van der Waals surface area contributed by atoms with Gasteiger partial charge in [0.1, 0.15) is 5.75 Å². The van der Waals surface area contributed by atoms with Crippen molar-refractivity contribution in [3.63, 3.8) is 0 Å². The molecule has 0 bridgehead atoms. The summed E-state index contributed by atoms with van der Waals surface area (Å²) in [5.74, 6) is 0.283. The number of esters is 1. The number of benzene rings is 1. The van der Waals surface area contributed by atoms with Gasteiger partial charge < -0.3 is 15.2 Å². The van der Waals surface area contributed by atoms with E-state index in [1.165, 1.54) is 7.11 Å². The molecule has 4 heteroatoms. The maximum absolute atomic E-state index is 10.9. The van der Waals surface area contributed by atoms with E-state index in [1.54, 1.807) is 0 Å². The Hall–Kier alpha value is -1.55. The van der Waals surface area contributed by atoms with Crippen molar-refractivity contribution in [2.75, 3.05) is 13.7 Å². The van der Waals surface area contributed by atoms with Gasteiger partial charge in [0.05, 0.1) is 7.11 Å². The van der Waals surface area contributed by atoms with Crippen molar-refractivity contribution >= 4 is 5.97 Å². The minimum absolute atomic E-state index is 0.00615. The Labute approximate surface area is 95.3 Å². The predicted molar refractivity (Wildman–Crippen MR) is 61.3 cm³/mol. The van der Waals surface area contributed by atoms with E-state index in [0.29, 0.717) is 5.75 Å². The van der Waals surface area contributed by atoms with E-state index in [0.717, 1.165) is 11.1 Å². The van der Waals surface area contributed by atoms with E-state index in [1.807, 2.05) is 32.0 Å². The first-order valence-electron chi connectivity index (χ1n) is 5.10. The predicted octanol–water partition coefficient (Wildman–Crippen LogP) is 1.57. The third-order valence-electron chi connectivity index (χ3n) is 2.30. The van der Waals surface area contributed by atoms with Crippen LogP contribution in [0, 0.1) is 6.92 Å². The van der Waals surface area contributed by atoms with Crippen LogP contribution < -0.4 is 10.5 Å². The Balaban J connectivity index is 2.72. The number of nitrogens with two attached hydrogens (primary N) is 1. The highest BCUT2D eigenvalue weighted by atomic mass is 16.6. The first-order chi connectivity index (χ1) is 7.54. The van der Waals surface area contributed by atoms with Crippen LogP contribution in [0.2, 0.25) is 0 Å². The lowest BCUT2D eigenvalue weighted by Gasteiger charge is -2.11. The van der Waals surface area contributed by atoms with Crippen molar-refractivity contribution in [1.82, 2.24) is 0 Å². The van der Waals surface area contributed by atoms with Crippen LogP contribution in [0.5, 0.6) is 5.75 Å². The molecular formula is C12H17NO3. The molecule has 1 rings (SSSR count). The lowest BCUT2D eigenvalue weighted by atomic mass is 10.1. The van der Waals surface area contributed by atoms with Crippen LogP contribution in [0.15, 0.2) is 18.2 Å². The Morgan fingerprint density at radius 1 is 1.50 bits per heavy atom. The third kappa shape index (κ3) is 3.24. The van der Waals surface area contributed by atoms with Gasteiger partial charge in [-0.1, -0.05) is 12.1 Å². The van der Waals surface area contributed by atoms with Gasteiger partial charge in [0.15, 0.2) is 6.61 Å². The number of carbonyl (C=O) groups is 1. The van der Waals surface area contributed by atoms with Crippen molar-refractivity contribution in [1.29, 1.82) is 0 Å². The highest BCUT2D eigenvalue weighted by Crippen LogP contribution is 2.21. The Morgan fingerprint density at radius 2 is 2.19 bits per heavy atom. The number of methoxy groups -OCH3 is 1. The highest BCUT2D eigenvalue weighted by molar-refractivity contribution is 5.70. The van der Waals surface area contributed by atoms with E-state index in [-0.39, 0.29) is 12.6 Å². The zero-order chi connectivity index (χ0) is 12.1. The van der Waals surface area contributed by atoms with Gasteiger partial charge in [0.2, 0.25) is 0 Å². The summed E-state index contributed by atoms with van der Waals surface area (Å²) in [4.78, 5) is 10.9. The van der Waals surface area contributed by atoms with Gasteiger partial charge in [-0.2, -0.15) is 0 Å². The minimum atomic E-state index is -0.393. The molecule has 0 saturated heterocycles. The smallest absolute Gasteiger partial charge is 0.343 e. The first kappa shape index (κ1) is 12.5. The van der Waals surface area contributed by atoms with E-state index < -0.39 is 5.97 Å². The molecule has 0 spiro atoms. The van der Waals surface area contributed by atoms with Crippen molar-refractivity contribution in [2.45, 2.75) is 19.9 Å². The van der Waals surface area contributed by atoms with Crippen LogP contribution in [0.3, 0.4) is 0 Å². The highest BCUT2D eigenvalue weighted by Gasteiger charge is 2.06. The topological polar surface area (TPSA) is 61.5 Å². The summed E-state index contributed by atoms with van der Waals surface area (Å²) >= 11 is 0. The number of aryl methyl sites for hydroxylation is 1. The molecule has 1 aromatic carbocycles. The van der Waals surface area contributed by atoms with Gasteiger partial charge in [-0.05, 0) is 31.0 Å². The number of hydrogen-bond donors (Lipinski definition) is 1. The Kier molecular flexibility index (Phi) is 4.31. The molecule has 0 fully saturated rings. The number of hydrogen-bond acceptors (Lipinski definition) is 4. The lowest BCUT2D eigenvalue weighted by molar-refractivity contribution is -0.142.